The Morgan fingerprint density at radius 1 is 1.56 bits per heavy atom. The van der Waals surface area contributed by atoms with Gasteiger partial charge < -0.3 is 4.52 Å². The van der Waals surface area contributed by atoms with Gasteiger partial charge in [0.2, 0.25) is 0 Å². The molecule has 0 aromatic heterocycles. The molecule has 0 aromatic rings. The average Bonchev–Trinajstić information content (AvgIpc) is 1.90. The number of nitrogens with zero attached hydrogens (tertiary/aromatic N) is 1. The molecule has 54 valence electrons. The Morgan fingerprint density at radius 2 is 2.33 bits per heavy atom. The molecule has 0 radical (unpaired) electrons. The summed E-state index contributed by atoms with van der Waals surface area (Å²) in [7, 11) is 0.606. The summed E-state index contributed by atoms with van der Waals surface area (Å²) in [5, 5.41) is 0. The quantitative estimate of drug-likeness (QED) is 0.522. The Kier molecular flexibility index (Phi) is 2.90. The van der Waals surface area contributed by atoms with Gasteiger partial charge in [0.05, 0.1) is 15.6 Å². The summed E-state index contributed by atoms with van der Waals surface area (Å²) in [6.07, 6.45) is 1.20. The standard InChI is InChI=1S/C6H14NOP/c1-6(2)7-4-3-5-8-9-7/h6,9H,3-5H2,1-2H3. The van der Waals surface area contributed by atoms with Gasteiger partial charge in [0.1, 0.15) is 0 Å². The molecular weight excluding hydrogens is 133 g/mol. The Bertz CT molecular complexity index is 81.1. The first kappa shape index (κ1) is 7.46. The Hall–Kier alpha value is 0.350. The van der Waals surface area contributed by atoms with Crippen LogP contribution in [0.4, 0.5) is 0 Å². The van der Waals surface area contributed by atoms with Crippen molar-refractivity contribution >= 4 is 8.96 Å². The molecule has 0 bridgehead atoms. The van der Waals surface area contributed by atoms with Crippen molar-refractivity contribution in [2.75, 3.05) is 13.2 Å². The van der Waals surface area contributed by atoms with Gasteiger partial charge in [-0.3, -0.25) is 4.67 Å². The Labute approximate surface area is 58.5 Å². The molecular formula is C6H14NOP. The maximum absolute atomic E-state index is 5.30. The van der Waals surface area contributed by atoms with E-state index in [1.54, 1.807) is 0 Å². The molecule has 1 aliphatic heterocycles. The predicted octanol–water partition coefficient (Wildman–Crippen LogP) is 1.63. The van der Waals surface area contributed by atoms with Gasteiger partial charge in [-0.1, -0.05) is 0 Å². The monoisotopic (exact) mass is 147 g/mol. The fourth-order valence-electron chi connectivity index (χ4n) is 0.845. The van der Waals surface area contributed by atoms with Crippen LogP contribution < -0.4 is 0 Å². The zero-order chi connectivity index (χ0) is 6.69. The van der Waals surface area contributed by atoms with Crippen LogP contribution in [0, 0.1) is 0 Å². The third-order valence-electron chi connectivity index (χ3n) is 1.45. The minimum atomic E-state index is 0.606. The molecule has 3 heteroatoms. The average molecular weight is 147 g/mol. The second-order valence-electron chi connectivity index (χ2n) is 2.58. The molecule has 0 N–H and O–H groups in total. The number of hydrogen-bond acceptors (Lipinski definition) is 2. The molecule has 0 spiro atoms. The van der Waals surface area contributed by atoms with Gasteiger partial charge in [0, 0.05) is 12.6 Å². The highest BCUT2D eigenvalue weighted by Crippen LogP contribution is 2.26. The zero-order valence-corrected chi connectivity index (χ0v) is 7.05. The van der Waals surface area contributed by atoms with E-state index < -0.39 is 0 Å². The summed E-state index contributed by atoms with van der Waals surface area (Å²) in [6, 6.07) is 0.656. The highest BCUT2D eigenvalue weighted by molar-refractivity contribution is 7.29. The normalized spacial score (nSPS) is 25.7. The zero-order valence-electron chi connectivity index (χ0n) is 6.05. The van der Waals surface area contributed by atoms with Crippen LogP contribution in [0.25, 0.3) is 0 Å². The van der Waals surface area contributed by atoms with E-state index in [-0.39, 0.29) is 0 Å². The summed E-state index contributed by atoms with van der Waals surface area (Å²) in [4.78, 5) is 0. The van der Waals surface area contributed by atoms with E-state index in [0.717, 1.165) is 6.61 Å². The van der Waals surface area contributed by atoms with Crippen LogP contribution in [0.5, 0.6) is 0 Å². The molecule has 1 saturated heterocycles. The van der Waals surface area contributed by atoms with Crippen LogP contribution in [0.2, 0.25) is 0 Å². The second-order valence-corrected chi connectivity index (χ2v) is 3.63. The minimum absolute atomic E-state index is 0.606. The molecule has 1 atom stereocenters. The highest BCUT2D eigenvalue weighted by Gasteiger charge is 2.12. The van der Waals surface area contributed by atoms with Crippen molar-refractivity contribution in [2.24, 2.45) is 0 Å². The topological polar surface area (TPSA) is 12.5 Å². The highest BCUT2D eigenvalue weighted by atomic mass is 31.1. The van der Waals surface area contributed by atoms with E-state index in [1.165, 1.54) is 13.0 Å². The molecule has 1 fully saturated rings. The molecule has 1 unspecified atom stereocenters. The van der Waals surface area contributed by atoms with Gasteiger partial charge in [0.15, 0.2) is 0 Å². The van der Waals surface area contributed by atoms with Crippen molar-refractivity contribution in [3.8, 4) is 0 Å². The molecule has 0 aromatic carbocycles. The van der Waals surface area contributed by atoms with Crippen LogP contribution in [0.1, 0.15) is 20.3 Å². The van der Waals surface area contributed by atoms with Crippen LogP contribution in [-0.2, 0) is 4.52 Å². The van der Waals surface area contributed by atoms with Crippen molar-refractivity contribution in [3.63, 3.8) is 0 Å². The van der Waals surface area contributed by atoms with Gasteiger partial charge in [-0.15, -0.1) is 0 Å². The first-order valence-corrected chi connectivity index (χ1v) is 4.30. The molecule has 0 amide bonds. The van der Waals surface area contributed by atoms with Gasteiger partial charge in [-0.05, 0) is 20.3 Å². The van der Waals surface area contributed by atoms with Gasteiger partial charge >= 0.3 is 0 Å². The van der Waals surface area contributed by atoms with E-state index in [4.69, 9.17) is 4.52 Å². The molecule has 1 rings (SSSR count). The lowest BCUT2D eigenvalue weighted by atomic mass is 10.3. The van der Waals surface area contributed by atoms with Crippen LogP contribution in [0.3, 0.4) is 0 Å². The Morgan fingerprint density at radius 3 is 2.67 bits per heavy atom. The van der Waals surface area contributed by atoms with Gasteiger partial charge in [-0.25, -0.2) is 0 Å². The molecule has 0 saturated carbocycles. The van der Waals surface area contributed by atoms with E-state index in [2.05, 4.69) is 18.5 Å². The van der Waals surface area contributed by atoms with E-state index >= 15 is 0 Å². The summed E-state index contributed by atoms with van der Waals surface area (Å²) in [5.74, 6) is 0. The Balaban J connectivity index is 2.23. The molecule has 0 aliphatic carbocycles. The third-order valence-corrected chi connectivity index (χ3v) is 2.76. The molecule has 1 heterocycles. The van der Waals surface area contributed by atoms with E-state index in [0.29, 0.717) is 15.0 Å². The lowest BCUT2D eigenvalue weighted by Crippen LogP contribution is -2.27. The van der Waals surface area contributed by atoms with E-state index in [1.807, 2.05) is 0 Å². The minimum Gasteiger partial charge on any atom is -0.346 e. The largest absolute Gasteiger partial charge is 0.346 e. The number of hydrogen-bond donors (Lipinski definition) is 0. The van der Waals surface area contributed by atoms with E-state index in [9.17, 15) is 0 Å². The van der Waals surface area contributed by atoms with Gasteiger partial charge in [-0.2, -0.15) is 0 Å². The third kappa shape index (κ3) is 2.21. The fraction of sp³-hybridized carbons (Fsp3) is 1.00. The number of rotatable bonds is 1. The summed E-state index contributed by atoms with van der Waals surface area (Å²) in [6.45, 7) is 6.60. The van der Waals surface area contributed by atoms with Crippen molar-refractivity contribution in [1.82, 2.24) is 4.67 Å². The lowest BCUT2D eigenvalue weighted by Gasteiger charge is -2.28. The van der Waals surface area contributed by atoms with Gasteiger partial charge in [0.25, 0.3) is 0 Å². The SMILES string of the molecule is CC(C)N1CCCOP1. The van der Waals surface area contributed by atoms with Crippen molar-refractivity contribution in [3.05, 3.63) is 0 Å². The van der Waals surface area contributed by atoms with Crippen LogP contribution >= 0.6 is 8.96 Å². The molecule has 1 aliphatic rings. The maximum atomic E-state index is 5.30. The lowest BCUT2D eigenvalue weighted by molar-refractivity contribution is 0.235. The first-order chi connectivity index (χ1) is 4.30. The maximum Gasteiger partial charge on any atom is 0.0891 e. The second kappa shape index (κ2) is 3.50. The fourth-order valence-corrected chi connectivity index (χ4v) is 1.71. The summed E-state index contributed by atoms with van der Waals surface area (Å²) in [5.41, 5.74) is 0. The van der Waals surface area contributed by atoms with Crippen molar-refractivity contribution in [2.45, 2.75) is 26.3 Å². The summed E-state index contributed by atoms with van der Waals surface area (Å²) >= 11 is 0. The van der Waals surface area contributed by atoms with Crippen molar-refractivity contribution in [1.29, 1.82) is 0 Å². The molecule has 9 heavy (non-hydrogen) atoms. The van der Waals surface area contributed by atoms with Crippen molar-refractivity contribution < 1.29 is 4.52 Å². The molecule has 2 nitrogen and oxygen atoms in total. The van der Waals surface area contributed by atoms with Crippen LogP contribution in [0.15, 0.2) is 0 Å². The smallest absolute Gasteiger partial charge is 0.0891 e. The predicted molar refractivity (Wildman–Crippen MR) is 40.7 cm³/mol. The van der Waals surface area contributed by atoms with Crippen LogP contribution in [-0.4, -0.2) is 23.9 Å². The first-order valence-electron chi connectivity index (χ1n) is 3.45. The summed E-state index contributed by atoms with van der Waals surface area (Å²) < 4.78 is 7.66.